The first-order chi connectivity index (χ1) is 7.92. The smallest absolute Gasteiger partial charge is 0.152 e. The summed E-state index contributed by atoms with van der Waals surface area (Å²) in [6.45, 7) is 17.5. The first-order valence-corrected chi connectivity index (χ1v) is 6.99. The Morgan fingerprint density at radius 3 is 1.83 bits per heavy atom. The van der Waals surface area contributed by atoms with E-state index in [1.54, 1.807) is 0 Å². The lowest BCUT2D eigenvalue weighted by atomic mass is 9.95. The van der Waals surface area contributed by atoms with Gasteiger partial charge >= 0.3 is 0 Å². The summed E-state index contributed by atoms with van der Waals surface area (Å²) in [4.78, 5) is 12.2. The highest BCUT2D eigenvalue weighted by atomic mass is 16.1. The second-order valence-corrected chi connectivity index (χ2v) is 7.47. The van der Waals surface area contributed by atoms with Gasteiger partial charge in [0.1, 0.15) is 0 Å². The molecule has 0 rings (SSSR count). The molecule has 3 nitrogen and oxygen atoms in total. The summed E-state index contributed by atoms with van der Waals surface area (Å²) in [6, 6.07) is -0.0557. The van der Waals surface area contributed by atoms with Gasteiger partial charge in [-0.1, -0.05) is 13.8 Å². The molecule has 0 radical (unpaired) electrons. The molecule has 108 valence electrons. The van der Waals surface area contributed by atoms with Crippen LogP contribution in [0.4, 0.5) is 0 Å². The molecule has 3 heteroatoms. The molecule has 0 saturated carbocycles. The normalized spacial score (nSPS) is 14.9. The lowest BCUT2D eigenvalue weighted by molar-refractivity contribution is -0.124. The van der Waals surface area contributed by atoms with Gasteiger partial charge in [-0.05, 0) is 54.5 Å². The minimum Gasteiger partial charge on any atom is -0.312 e. The molecular formula is C15H32N2O. The second-order valence-electron chi connectivity index (χ2n) is 7.47. The molecule has 1 atom stereocenters. The third-order valence-electron chi connectivity index (χ3n) is 2.61. The summed E-state index contributed by atoms with van der Waals surface area (Å²) in [7, 11) is 0. The summed E-state index contributed by atoms with van der Waals surface area (Å²) >= 11 is 0. The molecule has 0 aromatic heterocycles. The summed E-state index contributed by atoms with van der Waals surface area (Å²) in [5.41, 5.74) is 0.0735. The zero-order chi connectivity index (χ0) is 14.6. The van der Waals surface area contributed by atoms with E-state index in [-0.39, 0.29) is 23.0 Å². The monoisotopic (exact) mass is 256 g/mol. The van der Waals surface area contributed by atoms with Crippen LogP contribution in [0.25, 0.3) is 0 Å². The van der Waals surface area contributed by atoms with E-state index < -0.39 is 0 Å². The molecule has 0 aliphatic carbocycles. The first kappa shape index (κ1) is 17.6. The fourth-order valence-electron chi connectivity index (χ4n) is 1.80. The molecule has 0 saturated heterocycles. The van der Waals surface area contributed by atoms with Crippen LogP contribution in [0.1, 0.15) is 61.8 Å². The SMILES string of the molecule is CC(C)C(=O)C(CCNC(C)(C)C)NC(C)(C)C. The molecule has 0 aliphatic heterocycles. The highest BCUT2D eigenvalue weighted by Crippen LogP contribution is 2.10. The lowest BCUT2D eigenvalue weighted by Crippen LogP contribution is -2.50. The minimum atomic E-state index is -0.0557. The van der Waals surface area contributed by atoms with Crippen molar-refractivity contribution in [2.75, 3.05) is 6.54 Å². The third-order valence-corrected chi connectivity index (χ3v) is 2.61. The van der Waals surface area contributed by atoms with Gasteiger partial charge in [-0.2, -0.15) is 0 Å². The van der Waals surface area contributed by atoms with Crippen molar-refractivity contribution >= 4 is 5.78 Å². The quantitative estimate of drug-likeness (QED) is 0.768. The van der Waals surface area contributed by atoms with Gasteiger partial charge in [0, 0.05) is 17.0 Å². The molecule has 1 unspecified atom stereocenters. The van der Waals surface area contributed by atoms with E-state index in [9.17, 15) is 4.79 Å². The average molecular weight is 256 g/mol. The van der Waals surface area contributed by atoms with Crippen molar-refractivity contribution in [2.24, 2.45) is 5.92 Å². The van der Waals surface area contributed by atoms with Gasteiger partial charge in [0.25, 0.3) is 0 Å². The van der Waals surface area contributed by atoms with Crippen molar-refractivity contribution in [3.8, 4) is 0 Å². The zero-order valence-corrected chi connectivity index (χ0v) is 13.5. The van der Waals surface area contributed by atoms with E-state index >= 15 is 0 Å². The second kappa shape index (κ2) is 6.67. The maximum Gasteiger partial charge on any atom is 0.152 e. The Labute approximate surface area is 113 Å². The Morgan fingerprint density at radius 1 is 1.00 bits per heavy atom. The van der Waals surface area contributed by atoms with E-state index in [4.69, 9.17) is 0 Å². The van der Waals surface area contributed by atoms with Crippen LogP contribution in [0.5, 0.6) is 0 Å². The fourth-order valence-corrected chi connectivity index (χ4v) is 1.80. The first-order valence-electron chi connectivity index (χ1n) is 6.99. The van der Waals surface area contributed by atoms with E-state index in [0.717, 1.165) is 13.0 Å². The maximum atomic E-state index is 12.2. The lowest BCUT2D eigenvalue weighted by Gasteiger charge is -2.30. The van der Waals surface area contributed by atoms with Crippen molar-refractivity contribution in [2.45, 2.75) is 78.9 Å². The van der Waals surface area contributed by atoms with Gasteiger partial charge in [-0.3, -0.25) is 4.79 Å². The predicted octanol–water partition coefficient (Wildman–Crippen LogP) is 2.75. The Morgan fingerprint density at radius 2 is 1.50 bits per heavy atom. The van der Waals surface area contributed by atoms with Gasteiger partial charge < -0.3 is 10.6 Å². The number of Topliss-reactive ketones (excluding diaryl/α,β-unsaturated/α-hetero) is 1. The summed E-state index contributed by atoms with van der Waals surface area (Å²) in [6.07, 6.45) is 0.839. The van der Waals surface area contributed by atoms with Crippen molar-refractivity contribution in [3.63, 3.8) is 0 Å². The maximum absolute atomic E-state index is 12.2. The Bertz CT molecular complexity index is 259. The van der Waals surface area contributed by atoms with Crippen LogP contribution >= 0.6 is 0 Å². The fraction of sp³-hybridized carbons (Fsp3) is 0.933. The van der Waals surface area contributed by atoms with Gasteiger partial charge in [0.05, 0.1) is 6.04 Å². The van der Waals surface area contributed by atoms with Crippen LogP contribution in [-0.4, -0.2) is 29.4 Å². The van der Waals surface area contributed by atoms with Crippen molar-refractivity contribution in [3.05, 3.63) is 0 Å². The molecule has 0 heterocycles. The zero-order valence-electron chi connectivity index (χ0n) is 13.5. The van der Waals surface area contributed by atoms with Crippen LogP contribution in [-0.2, 0) is 4.79 Å². The van der Waals surface area contributed by atoms with Crippen molar-refractivity contribution in [1.29, 1.82) is 0 Å². The van der Waals surface area contributed by atoms with Gasteiger partial charge in [0.2, 0.25) is 0 Å². The largest absolute Gasteiger partial charge is 0.312 e. The molecule has 0 spiro atoms. The molecule has 0 aromatic carbocycles. The Kier molecular flexibility index (Phi) is 6.52. The number of carbonyl (C=O) groups excluding carboxylic acids is 1. The Hall–Kier alpha value is -0.410. The molecule has 0 bridgehead atoms. The standard InChI is InChI=1S/C15H32N2O/c1-11(2)13(18)12(17-15(6,7)8)9-10-16-14(3,4)5/h11-12,16-17H,9-10H2,1-8H3. The Balaban J connectivity index is 4.45. The van der Waals surface area contributed by atoms with E-state index in [2.05, 4.69) is 52.2 Å². The number of rotatable bonds is 6. The summed E-state index contributed by atoms with van der Waals surface area (Å²) in [5, 5.41) is 6.87. The van der Waals surface area contributed by atoms with Crippen LogP contribution < -0.4 is 10.6 Å². The molecule has 0 amide bonds. The number of hydrogen-bond donors (Lipinski definition) is 2. The van der Waals surface area contributed by atoms with Gasteiger partial charge in [-0.25, -0.2) is 0 Å². The number of nitrogens with one attached hydrogen (secondary N) is 2. The van der Waals surface area contributed by atoms with Crippen LogP contribution in [0.2, 0.25) is 0 Å². The van der Waals surface area contributed by atoms with Crippen molar-refractivity contribution < 1.29 is 4.79 Å². The average Bonchev–Trinajstić information content (AvgIpc) is 2.10. The molecule has 0 aromatic rings. The molecule has 0 aliphatic rings. The van der Waals surface area contributed by atoms with Crippen molar-refractivity contribution in [1.82, 2.24) is 10.6 Å². The van der Waals surface area contributed by atoms with E-state index in [0.29, 0.717) is 5.78 Å². The predicted molar refractivity (Wildman–Crippen MR) is 78.9 cm³/mol. The molecule has 2 N–H and O–H groups in total. The third kappa shape index (κ3) is 8.65. The highest BCUT2D eigenvalue weighted by molar-refractivity contribution is 5.85. The van der Waals surface area contributed by atoms with Crippen LogP contribution in [0.15, 0.2) is 0 Å². The molecule has 0 fully saturated rings. The number of ketones is 1. The van der Waals surface area contributed by atoms with Crippen LogP contribution in [0.3, 0.4) is 0 Å². The summed E-state index contributed by atoms with van der Waals surface area (Å²) < 4.78 is 0. The van der Waals surface area contributed by atoms with Crippen LogP contribution in [0, 0.1) is 5.92 Å². The number of hydrogen-bond acceptors (Lipinski definition) is 3. The summed E-state index contributed by atoms with van der Waals surface area (Å²) in [5.74, 6) is 0.389. The topological polar surface area (TPSA) is 41.1 Å². The van der Waals surface area contributed by atoms with Gasteiger partial charge in [0.15, 0.2) is 5.78 Å². The van der Waals surface area contributed by atoms with E-state index in [1.807, 2.05) is 13.8 Å². The minimum absolute atomic E-state index is 0.0308. The molecular weight excluding hydrogens is 224 g/mol. The van der Waals surface area contributed by atoms with Gasteiger partial charge in [-0.15, -0.1) is 0 Å². The molecule has 18 heavy (non-hydrogen) atoms. The highest BCUT2D eigenvalue weighted by Gasteiger charge is 2.25. The number of carbonyl (C=O) groups is 1. The van der Waals surface area contributed by atoms with E-state index in [1.165, 1.54) is 0 Å².